The van der Waals surface area contributed by atoms with E-state index in [2.05, 4.69) is 5.32 Å². The first-order valence-corrected chi connectivity index (χ1v) is 6.55. The van der Waals surface area contributed by atoms with Gasteiger partial charge in [-0.2, -0.15) is 0 Å². The van der Waals surface area contributed by atoms with Crippen LogP contribution in [0.1, 0.15) is 16.7 Å². The van der Waals surface area contributed by atoms with Crippen LogP contribution >= 0.6 is 12.2 Å². The van der Waals surface area contributed by atoms with Crippen molar-refractivity contribution in [2.75, 3.05) is 0 Å². The van der Waals surface area contributed by atoms with E-state index in [0.29, 0.717) is 17.1 Å². The van der Waals surface area contributed by atoms with Gasteiger partial charge in [-0.15, -0.1) is 0 Å². The summed E-state index contributed by atoms with van der Waals surface area (Å²) >= 11 is 5.26. The summed E-state index contributed by atoms with van der Waals surface area (Å²) in [5.41, 5.74) is 3.02. The minimum Gasteiger partial charge on any atom is -0.372 e. The minimum atomic E-state index is -0.425. The molecular weight excluding hydrogens is 272 g/mol. The maximum absolute atomic E-state index is 10.7. The highest BCUT2D eigenvalue weighted by Crippen LogP contribution is 2.13. The Kier molecular flexibility index (Phi) is 4.42. The third-order valence-electron chi connectivity index (χ3n) is 2.89. The lowest BCUT2D eigenvalue weighted by Gasteiger charge is -2.08. The molecule has 0 fully saturated rings. The molecule has 2 rings (SSSR count). The van der Waals surface area contributed by atoms with E-state index in [9.17, 15) is 10.1 Å². The summed E-state index contributed by atoms with van der Waals surface area (Å²) < 4.78 is 0. The Balaban J connectivity index is 2.03. The first-order valence-electron chi connectivity index (χ1n) is 6.14. The van der Waals surface area contributed by atoms with Crippen molar-refractivity contribution in [3.63, 3.8) is 0 Å². The molecule has 102 valence electrons. The summed E-state index contributed by atoms with van der Waals surface area (Å²) in [6.07, 6.45) is 0. The highest BCUT2D eigenvalue weighted by atomic mass is 32.1. The van der Waals surface area contributed by atoms with Gasteiger partial charge in [-0.1, -0.05) is 54.2 Å². The fourth-order valence-electron chi connectivity index (χ4n) is 1.75. The molecular formula is C15H14N2O2S. The van der Waals surface area contributed by atoms with Crippen LogP contribution in [0.5, 0.6) is 0 Å². The number of aryl methyl sites for hydroxylation is 1. The van der Waals surface area contributed by atoms with Gasteiger partial charge in [-0.05, 0) is 12.5 Å². The number of nitrogens with zero attached hydrogens (tertiary/aromatic N) is 1. The molecule has 0 aromatic heterocycles. The van der Waals surface area contributed by atoms with Crippen LogP contribution in [0.2, 0.25) is 0 Å². The number of non-ortho nitro benzene ring substituents is 1. The molecule has 2 aromatic carbocycles. The molecule has 0 amide bonds. The average Bonchev–Trinajstić information content (AvgIpc) is 2.46. The summed E-state index contributed by atoms with van der Waals surface area (Å²) in [4.78, 5) is 10.8. The lowest BCUT2D eigenvalue weighted by atomic mass is 10.1. The zero-order valence-corrected chi connectivity index (χ0v) is 11.8. The van der Waals surface area contributed by atoms with E-state index in [1.165, 1.54) is 17.7 Å². The fourth-order valence-corrected chi connectivity index (χ4v) is 1.95. The molecule has 4 nitrogen and oxygen atoms in total. The summed E-state index contributed by atoms with van der Waals surface area (Å²) in [5, 5.41) is 13.8. The molecule has 0 saturated carbocycles. The summed E-state index contributed by atoms with van der Waals surface area (Å²) in [5.74, 6) is 0. The number of thiocarbonyl (C=S) groups is 1. The Labute approximate surface area is 122 Å². The normalized spacial score (nSPS) is 10.1. The molecule has 0 radical (unpaired) electrons. The smallest absolute Gasteiger partial charge is 0.270 e. The Morgan fingerprint density at radius 2 is 1.95 bits per heavy atom. The van der Waals surface area contributed by atoms with E-state index in [0.717, 1.165) is 5.56 Å². The summed E-state index contributed by atoms with van der Waals surface area (Å²) in [7, 11) is 0. The highest BCUT2D eigenvalue weighted by Gasteiger charge is 2.08. The van der Waals surface area contributed by atoms with Crippen molar-refractivity contribution >= 4 is 22.9 Å². The molecule has 0 heterocycles. The highest BCUT2D eigenvalue weighted by molar-refractivity contribution is 7.80. The van der Waals surface area contributed by atoms with E-state index in [4.69, 9.17) is 12.2 Å². The van der Waals surface area contributed by atoms with E-state index in [1.807, 2.05) is 31.2 Å². The quantitative estimate of drug-likeness (QED) is 0.532. The molecule has 0 saturated heterocycles. The predicted molar refractivity (Wildman–Crippen MR) is 82.8 cm³/mol. The van der Waals surface area contributed by atoms with Crippen LogP contribution in [0.15, 0.2) is 48.5 Å². The molecule has 0 spiro atoms. The third kappa shape index (κ3) is 3.61. The van der Waals surface area contributed by atoms with Crippen molar-refractivity contribution in [1.29, 1.82) is 0 Å². The maximum atomic E-state index is 10.7. The Bertz CT molecular complexity index is 639. The molecule has 2 aromatic rings. The Morgan fingerprint density at radius 3 is 2.60 bits per heavy atom. The zero-order valence-electron chi connectivity index (χ0n) is 11.0. The second-order valence-electron chi connectivity index (χ2n) is 4.48. The molecule has 20 heavy (non-hydrogen) atoms. The van der Waals surface area contributed by atoms with Crippen molar-refractivity contribution in [1.82, 2.24) is 5.32 Å². The van der Waals surface area contributed by atoms with E-state index in [1.54, 1.807) is 12.1 Å². The van der Waals surface area contributed by atoms with Gasteiger partial charge in [-0.25, -0.2) is 0 Å². The van der Waals surface area contributed by atoms with Gasteiger partial charge in [0.25, 0.3) is 5.69 Å². The third-order valence-corrected chi connectivity index (χ3v) is 3.27. The first kappa shape index (κ1) is 14.1. The monoisotopic (exact) mass is 286 g/mol. The molecule has 0 aliphatic rings. The summed E-state index contributed by atoms with van der Waals surface area (Å²) in [6, 6.07) is 14.4. The van der Waals surface area contributed by atoms with Crippen LogP contribution in [0, 0.1) is 17.0 Å². The molecule has 1 N–H and O–H groups in total. The first-order chi connectivity index (χ1) is 9.56. The largest absolute Gasteiger partial charge is 0.372 e. The standard InChI is InChI=1S/C15H14N2O2S/c1-11-5-7-12(8-6-11)10-16-15(20)13-3-2-4-14(9-13)17(18)19/h2-9H,10H2,1H3,(H,16,20). The molecule has 5 heteroatoms. The number of hydrogen-bond donors (Lipinski definition) is 1. The SMILES string of the molecule is Cc1ccc(CNC(=S)c2cccc([N+](=O)[O-])c2)cc1. The summed E-state index contributed by atoms with van der Waals surface area (Å²) in [6.45, 7) is 2.63. The van der Waals surface area contributed by atoms with Crippen LogP contribution in [-0.4, -0.2) is 9.91 Å². The Hall–Kier alpha value is -2.27. The van der Waals surface area contributed by atoms with Crippen molar-refractivity contribution in [3.05, 3.63) is 75.3 Å². The minimum absolute atomic E-state index is 0.0435. The molecule has 0 bridgehead atoms. The van der Waals surface area contributed by atoms with Gasteiger partial charge >= 0.3 is 0 Å². The van der Waals surface area contributed by atoms with Gasteiger partial charge in [0.2, 0.25) is 0 Å². The van der Waals surface area contributed by atoms with Crippen LogP contribution in [0.3, 0.4) is 0 Å². The van der Waals surface area contributed by atoms with Crippen molar-refractivity contribution in [2.45, 2.75) is 13.5 Å². The van der Waals surface area contributed by atoms with Gasteiger partial charge in [0.15, 0.2) is 0 Å². The topological polar surface area (TPSA) is 55.2 Å². The van der Waals surface area contributed by atoms with Crippen molar-refractivity contribution < 1.29 is 4.92 Å². The predicted octanol–water partition coefficient (Wildman–Crippen LogP) is 3.37. The number of nitro benzene ring substituents is 1. The van der Waals surface area contributed by atoms with Gasteiger partial charge in [0.1, 0.15) is 4.99 Å². The van der Waals surface area contributed by atoms with Gasteiger partial charge < -0.3 is 5.32 Å². The number of nitrogens with one attached hydrogen (secondary N) is 1. The Morgan fingerprint density at radius 1 is 1.25 bits per heavy atom. The van der Waals surface area contributed by atoms with Crippen molar-refractivity contribution in [2.24, 2.45) is 0 Å². The van der Waals surface area contributed by atoms with Gasteiger partial charge in [0, 0.05) is 24.2 Å². The van der Waals surface area contributed by atoms with Crippen LogP contribution in [0.4, 0.5) is 5.69 Å². The fraction of sp³-hybridized carbons (Fsp3) is 0.133. The molecule has 0 aliphatic heterocycles. The number of rotatable bonds is 4. The van der Waals surface area contributed by atoms with Crippen molar-refractivity contribution in [3.8, 4) is 0 Å². The second kappa shape index (κ2) is 6.25. The lowest BCUT2D eigenvalue weighted by Crippen LogP contribution is -2.21. The van der Waals surface area contributed by atoms with E-state index in [-0.39, 0.29) is 5.69 Å². The number of hydrogen-bond acceptors (Lipinski definition) is 3. The van der Waals surface area contributed by atoms with Gasteiger partial charge in [-0.3, -0.25) is 10.1 Å². The van der Waals surface area contributed by atoms with E-state index >= 15 is 0 Å². The number of benzene rings is 2. The van der Waals surface area contributed by atoms with E-state index < -0.39 is 4.92 Å². The second-order valence-corrected chi connectivity index (χ2v) is 4.88. The van der Waals surface area contributed by atoms with Crippen LogP contribution in [-0.2, 0) is 6.54 Å². The van der Waals surface area contributed by atoms with Crippen LogP contribution in [0.25, 0.3) is 0 Å². The van der Waals surface area contributed by atoms with Crippen LogP contribution < -0.4 is 5.32 Å². The molecule has 0 atom stereocenters. The maximum Gasteiger partial charge on any atom is 0.270 e. The lowest BCUT2D eigenvalue weighted by molar-refractivity contribution is -0.384. The zero-order chi connectivity index (χ0) is 14.5. The average molecular weight is 286 g/mol. The molecule has 0 unspecified atom stereocenters. The number of nitro groups is 1. The van der Waals surface area contributed by atoms with Gasteiger partial charge in [0.05, 0.1) is 4.92 Å². The molecule has 0 aliphatic carbocycles.